The summed E-state index contributed by atoms with van der Waals surface area (Å²) in [7, 11) is 0. The van der Waals surface area contributed by atoms with Gasteiger partial charge in [-0.3, -0.25) is 4.79 Å². The van der Waals surface area contributed by atoms with Crippen molar-refractivity contribution in [3.8, 4) is 0 Å². The summed E-state index contributed by atoms with van der Waals surface area (Å²) < 4.78 is 14.6. The van der Waals surface area contributed by atoms with Crippen molar-refractivity contribution >= 4 is 11.7 Å². The van der Waals surface area contributed by atoms with Gasteiger partial charge in [-0.05, 0) is 59.7 Å². The Kier molecular flexibility index (Phi) is 4.78. The molecule has 7 nitrogen and oxygen atoms in total. The quantitative estimate of drug-likeness (QED) is 0.770. The zero-order chi connectivity index (χ0) is 17.8. The largest absolute Gasteiger partial charge is 0.309 e. The predicted molar refractivity (Wildman–Crippen MR) is 89.3 cm³/mol. The second-order valence-electron chi connectivity index (χ2n) is 5.72. The van der Waals surface area contributed by atoms with Gasteiger partial charge in [0.05, 0.1) is 0 Å². The van der Waals surface area contributed by atoms with E-state index in [9.17, 15) is 9.18 Å². The fourth-order valence-electron chi connectivity index (χ4n) is 2.47. The number of aromatic nitrogens is 5. The van der Waals surface area contributed by atoms with Crippen LogP contribution < -0.4 is 5.32 Å². The zero-order valence-corrected chi connectivity index (χ0v) is 13.8. The summed E-state index contributed by atoms with van der Waals surface area (Å²) in [6, 6.07) is 8.94. The molecule has 0 aliphatic rings. The van der Waals surface area contributed by atoms with Gasteiger partial charge < -0.3 is 5.32 Å². The van der Waals surface area contributed by atoms with Crippen molar-refractivity contribution in [2.24, 2.45) is 0 Å². The fraction of sp³-hybridized carbons (Fsp3) is 0.235. The molecule has 0 radical (unpaired) electrons. The van der Waals surface area contributed by atoms with Crippen molar-refractivity contribution in [2.75, 3.05) is 5.32 Å². The molecule has 1 amide bonds. The number of amides is 1. The van der Waals surface area contributed by atoms with Crippen LogP contribution in [0.3, 0.4) is 0 Å². The molecule has 25 heavy (non-hydrogen) atoms. The molecular formula is C17H17FN6O. The molecule has 1 unspecified atom stereocenters. The Labute approximate surface area is 143 Å². The molecule has 0 saturated carbocycles. The number of carbonyl (C=O) groups is 1. The van der Waals surface area contributed by atoms with E-state index in [4.69, 9.17) is 0 Å². The molecule has 0 aliphatic heterocycles. The minimum atomic E-state index is -0.678. The molecule has 1 atom stereocenters. The van der Waals surface area contributed by atoms with Crippen LogP contribution in [-0.4, -0.2) is 31.1 Å². The molecule has 1 aromatic carbocycles. The van der Waals surface area contributed by atoms with Crippen LogP contribution in [0.1, 0.15) is 23.0 Å². The van der Waals surface area contributed by atoms with Gasteiger partial charge in [0.15, 0.2) is 0 Å². The van der Waals surface area contributed by atoms with Gasteiger partial charge in [0, 0.05) is 12.6 Å². The van der Waals surface area contributed by atoms with Crippen molar-refractivity contribution in [1.29, 1.82) is 0 Å². The number of halogens is 1. The molecule has 0 spiro atoms. The number of nitrogens with zero attached hydrogens (tertiary/aromatic N) is 5. The first kappa shape index (κ1) is 16.7. The molecule has 3 aromatic rings. The number of hydrogen-bond acceptors (Lipinski definition) is 5. The Bertz CT molecular complexity index is 877. The van der Waals surface area contributed by atoms with E-state index < -0.39 is 6.04 Å². The number of carbonyl (C=O) groups excluding carboxylic acids is 1. The van der Waals surface area contributed by atoms with Crippen LogP contribution in [0.2, 0.25) is 0 Å². The van der Waals surface area contributed by atoms with Crippen molar-refractivity contribution in [3.63, 3.8) is 0 Å². The summed E-state index contributed by atoms with van der Waals surface area (Å²) in [5, 5.41) is 14.2. The Morgan fingerprint density at radius 1 is 1.24 bits per heavy atom. The average Bonchev–Trinajstić information content (AvgIpc) is 3.00. The fourth-order valence-corrected chi connectivity index (χ4v) is 2.47. The third kappa shape index (κ3) is 4.03. The first-order chi connectivity index (χ1) is 12.0. The van der Waals surface area contributed by atoms with E-state index >= 15 is 0 Å². The molecule has 128 valence electrons. The van der Waals surface area contributed by atoms with Crippen LogP contribution in [0.15, 0.2) is 42.6 Å². The number of benzene rings is 1. The van der Waals surface area contributed by atoms with E-state index in [0.717, 1.165) is 11.1 Å². The second-order valence-corrected chi connectivity index (χ2v) is 5.72. The summed E-state index contributed by atoms with van der Waals surface area (Å²) in [5.41, 5.74) is 1.78. The summed E-state index contributed by atoms with van der Waals surface area (Å²) in [6.45, 7) is 3.63. The standard InChI is InChI=1S/C17H17FN6O/c1-11-7-8-19-16(9-11)20-17(25)15(24-12(2)21-22-23-24)10-13-3-5-14(18)6-4-13/h3-9,15H,10H2,1-2H3,(H,19,20,25). The van der Waals surface area contributed by atoms with Crippen LogP contribution >= 0.6 is 0 Å². The highest BCUT2D eigenvalue weighted by molar-refractivity contribution is 5.93. The lowest BCUT2D eigenvalue weighted by Crippen LogP contribution is -2.29. The Morgan fingerprint density at radius 2 is 2.00 bits per heavy atom. The molecule has 0 aliphatic carbocycles. The van der Waals surface area contributed by atoms with E-state index in [2.05, 4.69) is 25.8 Å². The first-order valence-electron chi connectivity index (χ1n) is 7.75. The van der Waals surface area contributed by atoms with E-state index in [0.29, 0.717) is 18.1 Å². The third-order valence-corrected chi connectivity index (χ3v) is 3.76. The lowest BCUT2D eigenvalue weighted by Gasteiger charge is -2.17. The van der Waals surface area contributed by atoms with Crippen LogP contribution in [0.5, 0.6) is 0 Å². The molecule has 2 heterocycles. The predicted octanol–water partition coefficient (Wildman–Crippen LogP) is 2.25. The van der Waals surface area contributed by atoms with Gasteiger partial charge in [0.1, 0.15) is 23.5 Å². The maximum atomic E-state index is 13.1. The highest BCUT2D eigenvalue weighted by atomic mass is 19.1. The van der Waals surface area contributed by atoms with Crippen LogP contribution in [0, 0.1) is 19.7 Å². The summed E-state index contributed by atoms with van der Waals surface area (Å²) in [4.78, 5) is 16.9. The van der Waals surface area contributed by atoms with Crippen molar-refractivity contribution in [2.45, 2.75) is 26.3 Å². The van der Waals surface area contributed by atoms with Gasteiger partial charge >= 0.3 is 0 Å². The molecule has 0 saturated heterocycles. The monoisotopic (exact) mass is 340 g/mol. The minimum absolute atomic E-state index is 0.294. The van der Waals surface area contributed by atoms with Gasteiger partial charge in [-0.15, -0.1) is 5.10 Å². The van der Waals surface area contributed by atoms with Crippen molar-refractivity contribution in [3.05, 3.63) is 65.4 Å². The lowest BCUT2D eigenvalue weighted by molar-refractivity contribution is -0.119. The maximum absolute atomic E-state index is 13.1. The van der Waals surface area contributed by atoms with Crippen LogP contribution in [0.25, 0.3) is 0 Å². The summed E-state index contributed by atoms with van der Waals surface area (Å²) >= 11 is 0. The van der Waals surface area contributed by atoms with E-state index in [1.807, 2.05) is 13.0 Å². The molecule has 1 N–H and O–H groups in total. The number of aryl methyl sites for hydroxylation is 2. The van der Waals surface area contributed by atoms with Crippen LogP contribution in [0.4, 0.5) is 10.2 Å². The summed E-state index contributed by atoms with van der Waals surface area (Å²) in [5.74, 6) is 0.351. The third-order valence-electron chi connectivity index (χ3n) is 3.76. The van der Waals surface area contributed by atoms with Crippen molar-refractivity contribution < 1.29 is 9.18 Å². The van der Waals surface area contributed by atoms with Gasteiger partial charge in [0.2, 0.25) is 0 Å². The van der Waals surface area contributed by atoms with Crippen LogP contribution in [-0.2, 0) is 11.2 Å². The van der Waals surface area contributed by atoms with E-state index in [-0.39, 0.29) is 11.7 Å². The number of pyridine rings is 1. The highest BCUT2D eigenvalue weighted by Gasteiger charge is 2.24. The lowest BCUT2D eigenvalue weighted by atomic mass is 10.1. The molecule has 2 aromatic heterocycles. The van der Waals surface area contributed by atoms with E-state index in [1.165, 1.54) is 16.8 Å². The normalized spacial score (nSPS) is 12.0. The van der Waals surface area contributed by atoms with Gasteiger partial charge in [0.25, 0.3) is 5.91 Å². The number of anilines is 1. The molecule has 3 rings (SSSR count). The SMILES string of the molecule is Cc1ccnc(NC(=O)C(Cc2ccc(F)cc2)n2nnnc2C)c1. The highest BCUT2D eigenvalue weighted by Crippen LogP contribution is 2.18. The smallest absolute Gasteiger partial charge is 0.250 e. The maximum Gasteiger partial charge on any atom is 0.250 e. The average molecular weight is 340 g/mol. The first-order valence-corrected chi connectivity index (χ1v) is 7.75. The molecular weight excluding hydrogens is 323 g/mol. The minimum Gasteiger partial charge on any atom is -0.309 e. The molecule has 0 bridgehead atoms. The van der Waals surface area contributed by atoms with Gasteiger partial charge in [-0.2, -0.15) is 0 Å². The number of hydrogen-bond donors (Lipinski definition) is 1. The Morgan fingerprint density at radius 3 is 2.64 bits per heavy atom. The number of nitrogens with one attached hydrogen (secondary N) is 1. The molecule has 0 fully saturated rings. The number of rotatable bonds is 5. The summed E-state index contributed by atoms with van der Waals surface area (Å²) in [6.07, 6.45) is 1.95. The van der Waals surface area contributed by atoms with Gasteiger partial charge in [-0.25, -0.2) is 14.1 Å². The van der Waals surface area contributed by atoms with Gasteiger partial charge in [-0.1, -0.05) is 12.1 Å². The Balaban J connectivity index is 1.86. The zero-order valence-electron chi connectivity index (χ0n) is 13.8. The molecule has 8 heteroatoms. The van der Waals surface area contributed by atoms with Crippen molar-refractivity contribution in [1.82, 2.24) is 25.2 Å². The Hall–Kier alpha value is -3.16. The van der Waals surface area contributed by atoms with E-state index in [1.54, 1.807) is 31.3 Å². The number of tetrazole rings is 1. The second kappa shape index (κ2) is 7.16. The topological polar surface area (TPSA) is 85.6 Å².